The van der Waals surface area contributed by atoms with Crippen molar-refractivity contribution in [1.82, 2.24) is 14.9 Å². The lowest BCUT2D eigenvalue weighted by molar-refractivity contribution is -0.118. The van der Waals surface area contributed by atoms with E-state index in [9.17, 15) is 9.18 Å². The van der Waals surface area contributed by atoms with Crippen molar-refractivity contribution in [2.24, 2.45) is 0 Å². The van der Waals surface area contributed by atoms with Crippen molar-refractivity contribution in [2.75, 3.05) is 18.9 Å². The zero-order chi connectivity index (χ0) is 18.7. The van der Waals surface area contributed by atoms with E-state index in [0.29, 0.717) is 12.0 Å². The second-order valence-corrected chi connectivity index (χ2v) is 7.55. The Morgan fingerprint density at radius 3 is 2.77 bits per heavy atom. The molecule has 2 aromatic rings. The molecule has 3 rings (SSSR count). The first-order chi connectivity index (χ1) is 12.5. The van der Waals surface area contributed by atoms with Crippen LogP contribution in [0.15, 0.2) is 35.1 Å². The van der Waals surface area contributed by atoms with Crippen molar-refractivity contribution in [1.29, 1.82) is 0 Å². The van der Waals surface area contributed by atoms with Gasteiger partial charge in [0.25, 0.3) is 0 Å². The van der Waals surface area contributed by atoms with Gasteiger partial charge >= 0.3 is 0 Å². The highest BCUT2D eigenvalue weighted by Crippen LogP contribution is 2.41. The van der Waals surface area contributed by atoms with Gasteiger partial charge in [0.1, 0.15) is 0 Å². The Labute approximate surface area is 165 Å². The first-order valence-electron chi connectivity index (χ1n) is 8.18. The molecule has 1 saturated carbocycles. The third-order valence-electron chi connectivity index (χ3n) is 4.62. The van der Waals surface area contributed by atoms with Crippen molar-refractivity contribution >= 4 is 45.4 Å². The summed E-state index contributed by atoms with van der Waals surface area (Å²) < 4.78 is 13.8. The van der Waals surface area contributed by atoms with Gasteiger partial charge in [0.2, 0.25) is 11.9 Å². The van der Waals surface area contributed by atoms with Crippen molar-refractivity contribution in [3.8, 4) is 0 Å². The molecule has 0 atom stereocenters. The lowest BCUT2D eigenvalue weighted by Gasteiger charge is -2.41. The molecule has 26 heavy (non-hydrogen) atoms. The predicted octanol–water partition coefficient (Wildman–Crippen LogP) is 3.54. The Balaban J connectivity index is 1.52. The van der Waals surface area contributed by atoms with Crippen LogP contribution >= 0.6 is 28.1 Å². The molecule has 1 fully saturated rings. The highest BCUT2D eigenvalue weighted by molar-refractivity contribution is 9.10. The molecular formula is C18H18BrFN4OS. The van der Waals surface area contributed by atoms with E-state index in [1.807, 2.05) is 24.1 Å². The third kappa shape index (κ3) is 4.49. The van der Waals surface area contributed by atoms with Gasteiger partial charge in [-0.1, -0.05) is 34.2 Å². The molecule has 0 spiro atoms. The second-order valence-electron chi connectivity index (χ2n) is 6.40. The maximum absolute atomic E-state index is 12.8. The van der Waals surface area contributed by atoms with E-state index in [0.717, 1.165) is 35.3 Å². The van der Waals surface area contributed by atoms with E-state index in [2.05, 4.69) is 37.3 Å². The average molecular weight is 437 g/mol. The number of nitrogens with zero attached hydrogens (tertiary/aromatic N) is 3. The number of carbonyl (C=O) groups excluding carboxylic acids is 1. The van der Waals surface area contributed by atoms with E-state index in [4.69, 9.17) is 12.2 Å². The number of amides is 1. The molecule has 0 unspecified atom stereocenters. The summed E-state index contributed by atoms with van der Waals surface area (Å²) in [6.45, 7) is 0.233. The number of carbonyl (C=O) groups is 1. The summed E-state index contributed by atoms with van der Waals surface area (Å²) in [7, 11) is 1.92. The van der Waals surface area contributed by atoms with E-state index < -0.39 is 5.82 Å². The molecule has 1 heterocycles. The third-order valence-corrected chi connectivity index (χ3v) is 5.36. The summed E-state index contributed by atoms with van der Waals surface area (Å²) >= 11 is 8.62. The Hall–Kier alpha value is -1.77. The van der Waals surface area contributed by atoms with Gasteiger partial charge in [-0.2, -0.15) is 0 Å². The van der Waals surface area contributed by atoms with E-state index >= 15 is 0 Å². The SMILES string of the molecule is CN(CC(=O)Nc1ncc(F)cn1)C1CC(c2cc(Br)ccc2C=S)C1. The molecule has 0 radical (unpaired) electrons. The van der Waals surface area contributed by atoms with Crippen molar-refractivity contribution in [3.63, 3.8) is 0 Å². The fourth-order valence-corrected chi connectivity index (χ4v) is 3.70. The summed E-state index contributed by atoms with van der Waals surface area (Å²) in [6.07, 6.45) is 4.00. The monoisotopic (exact) mass is 436 g/mol. The van der Waals surface area contributed by atoms with Crippen molar-refractivity contribution in [2.45, 2.75) is 24.8 Å². The van der Waals surface area contributed by atoms with Gasteiger partial charge in [-0.25, -0.2) is 14.4 Å². The van der Waals surface area contributed by atoms with E-state index in [1.165, 1.54) is 5.56 Å². The average Bonchev–Trinajstić information content (AvgIpc) is 2.56. The number of thiocarbonyl (C=S) groups is 1. The fraction of sp³-hybridized carbons (Fsp3) is 0.333. The Morgan fingerprint density at radius 2 is 2.12 bits per heavy atom. The Bertz CT molecular complexity index is 811. The fourth-order valence-electron chi connectivity index (χ4n) is 3.10. The van der Waals surface area contributed by atoms with Crippen LogP contribution in [-0.4, -0.2) is 45.8 Å². The van der Waals surface area contributed by atoms with Crippen LogP contribution in [0.4, 0.5) is 10.3 Å². The quantitative estimate of drug-likeness (QED) is 0.701. The summed E-state index contributed by atoms with van der Waals surface area (Å²) in [4.78, 5) is 21.6. The van der Waals surface area contributed by atoms with Crippen LogP contribution in [0.5, 0.6) is 0 Å². The van der Waals surface area contributed by atoms with Crippen LogP contribution in [0.2, 0.25) is 0 Å². The topological polar surface area (TPSA) is 58.1 Å². The number of hydrogen-bond acceptors (Lipinski definition) is 5. The minimum Gasteiger partial charge on any atom is -0.295 e. The molecule has 8 heteroatoms. The molecule has 0 saturated heterocycles. The molecule has 1 aliphatic rings. The molecule has 1 amide bonds. The summed E-state index contributed by atoms with van der Waals surface area (Å²) in [5, 5.41) is 4.29. The molecule has 136 valence electrons. The predicted molar refractivity (Wildman–Crippen MR) is 106 cm³/mol. The standard InChI is InChI=1S/C18H18BrFN4OS/c1-24(9-17(25)23-18-21-7-14(20)8-22-18)15-4-12(5-15)16-6-13(19)3-2-11(16)10-26/h2-3,6-8,10,12,15H,4-5,9H2,1H3,(H,21,22,23,25). The van der Waals surface area contributed by atoms with Crippen LogP contribution in [0.3, 0.4) is 0 Å². The van der Waals surface area contributed by atoms with Gasteiger partial charge in [0.05, 0.1) is 18.9 Å². The van der Waals surface area contributed by atoms with Gasteiger partial charge in [-0.05, 0) is 49.1 Å². The highest BCUT2D eigenvalue weighted by Gasteiger charge is 2.34. The molecule has 0 aliphatic heterocycles. The number of rotatable bonds is 6. The summed E-state index contributed by atoms with van der Waals surface area (Å²) in [6, 6.07) is 6.47. The zero-order valence-corrected chi connectivity index (χ0v) is 16.6. The second kappa shape index (κ2) is 8.28. The van der Waals surface area contributed by atoms with Crippen LogP contribution < -0.4 is 5.32 Å². The number of anilines is 1. The lowest BCUT2D eigenvalue weighted by Crippen LogP contribution is -2.45. The number of halogens is 2. The summed E-state index contributed by atoms with van der Waals surface area (Å²) in [5.41, 5.74) is 2.34. The number of nitrogens with one attached hydrogen (secondary N) is 1. The Kier molecular flexibility index (Phi) is 6.05. The van der Waals surface area contributed by atoms with E-state index in [1.54, 1.807) is 5.37 Å². The van der Waals surface area contributed by atoms with Gasteiger partial charge in [-0.15, -0.1) is 0 Å². The first kappa shape index (κ1) is 19.0. The normalized spacial score (nSPS) is 19.1. The van der Waals surface area contributed by atoms with Gasteiger partial charge in [-0.3, -0.25) is 15.0 Å². The molecule has 1 aromatic carbocycles. The maximum Gasteiger partial charge on any atom is 0.240 e. The van der Waals surface area contributed by atoms with Gasteiger partial charge in [0.15, 0.2) is 5.82 Å². The largest absolute Gasteiger partial charge is 0.295 e. The van der Waals surface area contributed by atoms with Crippen molar-refractivity contribution in [3.05, 3.63) is 52.0 Å². The number of aromatic nitrogens is 2. The van der Waals surface area contributed by atoms with E-state index in [-0.39, 0.29) is 18.4 Å². The van der Waals surface area contributed by atoms with Crippen molar-refractivity contribution < 1.29 is 9.18 Å². The summed E-state index contributed by atoms with van der Waals surface area (Å²) in [5.74, 6) is -0.206. The molecule has 1 aliphatic carbocycles. The first-order valence-corrected chi connectivity index (χ1v) is 9.45. The van der Waals surface area contributed by atoms with Crippen LogP contribution in [0, 0.1) is 5.82 Å². The molecule has 1 aromatic heterocycles. The molecule has 5 nitrogen and oxygen atoms in total. The van der Waals surface area contributed by atoms with Gasteiger partial charge in [0, 0.05) is 15.9 Å². The maximum atomic E-state index is 12.8. The lowest BCUT2D eigenvalue weighted by atomic mass is 9.74. The number of hydrogen-bond donors (Lipinski definition) is 1. The molecule has 1 N–H and O–H groups in total. The molecule has 0 bridgehead atoms. The van der Waals surface area contributed by atoms with Crippen LogP contribution in [-0.2, 0) is 4.79 Å². The molecular weight excluding hydrogens is 419 g/mol. The smallest absolute Gasteiger partial charge is 0.240 e. The highest BCUT2D eigenvalue weighted by atomic mass is 79.9. The zero-order valence-electron chi connectivity index (χ0n) is 14.2. The van der Waals surface area contributed by atoms with Gasteiger partial charge < -0.3 is 0 Å². The number of benzene rings is 1. The van der Waals surface area contributed by atoms with Crippen LogP contribution in [0.25, 0.3) is 0 Å². The minimum atomic E-state index is -0.538. The number of likely N-dealkylation sites (N-methyl/N-ethyl adjacent to an activating group) is 1. The van der Waals surface area contributed by atoms with Crippen LogP contribution in [0.1, 0.15) is 29.9 Å². The minimum absolute atomic E-state index is 0.107. The Morgan fingerprint density at radius 1 is 1.42 bits per heavy atom.